The summed E-state index contributed by atoms with van der Waals surface area (Å²) >= 11 is 13.2. The first-order chi connectivity index (χ1) is 7.59. The Morgan fingerprint density at radius 2 is 1.94 bits per heavy atom. The third-order valence-electron chi connectivity index (χ3n) is 1.84. The molecule has 2 rings (SSSR count). The fourth-order valence-electron chi connectivity index (χ4n) is 1.16. The zero-order valence-corrected chi connectivity index (χ0v) is 10.9. The van der Waals surface area contributed by atoms with Crippen molar-refractivity contribution in [3.8, 4) is 0 Å². The minimum absolute atomic E-state index is 0.475. The summed E-state index contributed by atoms with van der Waals surface area (Å²) in [5, 5.41) is 0.973. The van der Waals surface area contributed by atoms with E-state index in [0.717, 1.165) is 11.7 Å². The van der Waals surface area contributed by atoms with Crippen LogP contribution in [0, 0.1) is 0 Å². The standard InChI is InChI=1S/C9H8Cl2N4S/c1-15(2)4-12-7-5(10)3-6(11)8-9(7)14-16-13-8/h3-4H,1-2H3. The van der Waals surface area contributed by atoms with E-state index >= 15 is 0 Å². The molecule has 1 aromatic carbocycles. The molecule has 2 aromatic rings. The highest BCUT2D eigenvalue weighted by atomic mass is 35.5. The maximum Gasteiger partial charge on any atom is 0.133 e. The third-order valence-corrected chi connectivity index (χ3v) is 2.94. The molecule has 0 N–H and O–H groups in total. The van der Waals surface area contributed by atoms with Crippen LogP contribution in [0.1, 0.15) is 0 Å². The molecule has 7 heteroatoms. The fraction of sp³-hybridized carbons (Fsp3) is 0.222. The Kier molecular flexibility index (Phi) is 3.28. The molecule has 16 heavy (non-hydrogen) atoms. The number of hydrogen-bond acceptors (Lipinski definition) is 4. The average molecular weight is 275 g/mol. The van der Waals surface area contributed by atoms with E-state index in [0.29, 0.717) is 26.8 Å². The molecule has 0 amide bonds. The number of fused-ring (bicyclic) bond motifs is 1. The zero-order chi connectivity index (χ0) is 11.7. The molecule has 0 aliphatic heterocycles. The van der Waals surface area contributed by atoms with Crippen molar-refractivity contribution in [2.45, 2.75) is 0 Å². The fourth-order valence-corrected chi connectivity index (χ4v) is 2.31. The highest BCUT2D eigenvalue weighted by molar-refractivity contribution is 7.00. The van der Waals surface area contributed by atoms with Gasteiger partial charge >= 0.3 is 0 Å². The van der Waals surface area contributed by atoms with Crippen molar-refractivity contribution >= 4 is 58.0 Å². The number of aliphatic imine (C=N–C) groups is 1. The van der Waals surface area contributed by atoms with Gasteiger partial charge in [-0.25, -0.2) is 4.99 Å². The number of nitrogens with zero attached hydrogens (tertiary/aromatic N) is 4. The van der Waals surface area contributed by atoms with Gasteiger partial charge in [0.2, 0.25) is 0 Å². The van der Waals surface area contributed by atoms with Gasteiger partial charge in [0, 0.05) is 14.1 Å². The minimum atomic E-state index is 0.475. The second-order valence-electron chi connectivity index (χ2n) is 3.36. The van der Waals surface area contributed by atoms with E-state index < -0.39 is 0 Å². The van der Waals surface area contributed by atoms with E-state index in [-0.39, 0.29) is 0 Å². The maximum atomic E-state index is 6.07. The molecule has 1 heterocycles. The lowest BCUT2D eigenvalue weighted by atomic mass is 10.2. The molecule has 0 saturated heterocycles. The van der Waals surface area contributed by atoms with Gasteiger partial charge < -0.3 is 4.90 Å². The molecule has 84 valence electrons. The monoisotopic (exact) mass is 274 g/mol. The quantitative estimate of drug-likeness (QED) is 0.624. The van der Waals surface area contributed by atoms with Crippen molar-refractivity contribution in [1.29, 1.82) is 0 Å². The summed E-state index contributed by atoms with van der Waals surface area (Å²) < 4.78 is 8.25. The molecule has 0 fully saturated rings. The molecule has 0 aliphatic carbocycles. The van der Waals surface area contributed by atoms with Crippen LogP contribution in [0.5, 0.6) is 0 Å². The van der Waals surface area contributed by atoms with Gasteiger partial charge in [-0.15, -0.1) is 0 Å². The van der Waals surface area contributed by atoms with E-state index in [4.69, 9.17) is 23.2 Å². The number of benzene rings is 1. The molecule has 4 nitrogen and oxygen atoms in total. The highest BCUT2D eigenvalue weighted by Gasteiger charge is 2.12. The van der Waals surface area contributed by atoms with Crippen LogP contribution in [0.4, 0.5) is 5.69 Å². The van der Waals surface area contributed by atoms with Crippen LogP contribution in [0.25, 0.3) is 11.0 Å². The van der Waals surface area contributed by atoms with E-state index in [2.05, 4.69) is 13.7 Å². The Hall–Kier alpha value is -0.910. The predicted molar refractivity (Wildman–Crippen MR) is 69.3 cm³/mol. The SMILES string of the molecule is CN(C)C=Nc1c(Cl)cc(Cl)c2nsnc12. The summed E-state index contributed by atoms with van der Waals surface area (Å²) in [4.78, 5) is 6.08. The molecule has 0 aliphatic rings. The van der Waals surface area contributed by atoms with E-state index in [9.17, 15) is 0 Å². The molecule has 0 saturated carbocycles. The van der Waals surface area contributed by atoms with Gasteiger partial charge in [-0.3, -0.25) is 0 Å². The molecular formula is C9H8Cl2N4S. The van der Waals surface area contributed by atoms with E-state index in [1.807, 2.05) is 19.0 Å². The second-order valence-corrected chi connectivity index (χ2v) is 4.70. The summed E-state index contributed by atoms with van der Waals surface area (Å²) in [7, 11) is 3.76. The Labute approximate surface area is 107 Å². The van der Waals surface area contributed by atoms with Crippen LogP contribution in [0.15, 0.2) is 11.1 Å². The van der Waals surface area contributed by atoms with Crippen LogP contribution in [0.3, 0.4) is 0 Å². The van der Waals surface area contributed by atoms with Gasteiger partial charge in [0.05, 0.1) is 28.1 Å². The second kappa shape index (κ2) is 4.53. The molecular weight excluding hydrogens is 267 g/mol. The van der Waals surface area contributed by atoms with Crippen LogP contribution >= 0.6 is 34.9 Å². The number of aromatic nitrogens is 2. The van der Waals surface area contributed by atoms with Gasteiger partial charge in [-0.1, -0.05) is 23.2 Å². The van der Waals surface area contributed by atoms with Crippen molar-refractivity contribution in [3.05, 3.63) is 16.1 Å². The van der Waals surface area contributed by atoms with Crippen molar-refractivity contribution in [2.24, 2.45) is 4.99 Å². The Balaban J connectivity index is 2.63. The number of hydrogen-bond donors (Lipinski definition) is 0. The topological polar surface area (TPSA) is 41.4 Å². The molecule has 1 aromatic heterocycles. The van der Waals surface area contributed by atoms with Crippen LogP contribution in [0.2, 0.25) is 10.0 Å². The lowest BCUT2D eigenvalue weighted by Crippen LogP contribution is -2.07. The van der Waals surface area contributed by atoms with Gasteiger partial charge in [0.25, 0.3) is 0 Å². The normalized spacial score (nSPS) is 11.5. The first-order valence-electron chi connectivity index (χ1n) is 4.40. The Morgan fingerprint density at radius 3 is 2.62 bits per heavy atom. The lowest BCUT2D eigenvalue weighted by Gasteiger charge is -2.04. The molecule has 0 unspecified atom stereocenters. The highest BCUT2D eigenvalue weighted by Crippen LogP contribution is 2.36. The maximum absolute atomic E-state index is 6.07. The Morgan fingerprint density at radius 1 is 1.25 bits per heavy atom. The van der Waals surface area contributed by atoms with Gasteiger partial charge in [0.15, 0.2) is 0 Å². The van der Waals surface area contributed by atoms with Crippen LogP contribution < -0.4 is 0 Å². The summed E-state index contributed by atoms with van der Waals surface area (Å²) in [5.74, 6) is 0. The zero-order valence-electron chi connectivity index (χ0n) is 8.61. The van der Waals surface area contributed by atoms with Crippen molar-refractivity contribution in [3.63, 3.8) is 0 Å². The average Bonchev–Trinajstić information content (AvgIpc) is 2.65. The first kappa shape index (κ1) is 11.6. The smallest absolute Gasteiger partial charge is 0.133 e. The van der Waals surface area contributed by atoms with Crippen molar-refractivity contribution in [2.75, 3.05) is 14.1 Å². The predicted octanol–water partition coefficient (Wildman–Crippen LogP) is 3.22. The largest absolute Gasteiger partial charge is 0.369 e. The first-order valence-corrected chi connectivity index (χ1v) is 5.89. The van der Waals surface area contributed by atoms with Gasteiger partial charge in [0.1, 0.15) is 16.7 Å². The van der Waals surface area contributed by atoms with Gasteiger partial charge in [-0.05, 0) is 6.07 Å². The molecule has 0 spiro atoms. The summed E-state index contributed by atoms with van der Waals surface area (Å²) in [6.45, 7) is 0. The molecule has 0 bridgehead atoms. The number of halogens is 2. The van der Waals surface area contributed by atoms with Gasteiger partial charge in [-0.2, -0.15) is 8.75 Å². The van der Waals surface area contributed by atoms with Crippen molar-refractivity contribution < 1.29 is 0 Å². The summed E-state index contributed by atoms with van der Waals surface area (Å²) in [6.07, 6.45) is 1.66. The lowest BCUT2D eigenvalue weighted by molar-refractivity contribution is 0.643. The van der Waals surface area contributed by atoms with E-state index in [1.54, 1.807) is 12.4 Å². The third kappa shape index (κ3) is 2.11. The minimum Gasteiger partial charge on any atom is -0.369 e. The summed E-state index contributed by atoms with van der Waals surface area (Å²) in [5.41, 5.74) is 1.88. The van der Waals surface area contributed by atoms with Crippen molar-refractivity contribution in [1.82, 2.24) is 13.6 Å². The molecule has 0 radical (unpaired) electrons. The van der Waals surface area contributed by atoms with Crippen LogP contribution in [-0.4, -0.2) is 34.1 Å². The van der Waals surface area contributed by atoms with Crippen LogP contribution in [-0.2, 0) is 0 Å². The molecule has 0 atom stereocenters. The number of rotatable bonds is 2. The summed E-state index contributed by atoms with van der Waals surface area (Å²) in [6, 6.07) is 1.63. The van der Waals surface area contributed by atoms with E-state index in [1.165, 1.54) is 0 Å². The Bertz CT molecular complexity index is 550.